The average molecular weight is 405 g/mol. The van der Waals surface area contributed by atoms with E-state index in [9.17, 15) is 19.5 Å². The number of nitrogens with one attached hydrogen (secondary N) is 1. The molecule has 2 fully saturated rings. The van der Waals surface area contributed by atoms with E-state index in [2.05, 4.69) is 5.32 Å². The normalized spacial score (nSPS) is 26.8. The van der Waals surface area contributed by atoms with Crippen molar-refractivity contribution in [3.8, 4) is 5.75 Å². The Balaban J connectivity index is 0.00000243. The first-order valence-electron chi connectivity index (χ1n) is 7.97. The first-order chi connectivity index (χ1) is 11.7. The number of benzene rings is 1. The van der Waals surface area contributed by atoms with Crippen LogP contribution in [-0.2, 0) is 14.4 Å². The minimum absolute atomic E-state index is 0. The molecule has 1 aromatic rings. The van der Waals surface area contributed by atoms with Crippen LogP contribution in [0, 0.1) is 0 Å². The second-order valence-electron chi connectivity index (χ2n) is 6.66. The molecular formula is C17H21KN2O5S. The quantitative estimate of drug-likeness (QED) is 0.546. The van der Waals surface area contributed by atoms with Gasteiger partial charge in [-0.3, -0.25) is 9.59 Å². The zero-order valence-electron chi connectivity index (χ0n) is 14.1. The zero-order chi connectivity index (χ0) is 18.4. The summed E-state index contributed by atoms with van der Waals surface area (Å²) in [6, 6.07) is 7.33. The molecular weight excluding hydrogens is 383 g/mol. The molecule has 2 aliphatic rings. The molecule has 3 rings (SSSR count). The van der Waals surface area contributed by atoms with Crippen LogP contribution in [0.3, 0.4) is 0 Å². The van der Waals surface area contributed by atoms with Crippen molar-refractivity contribution >= 4 is 80.9 Å². The third kappa shape index (κ3) is 3.97. The van der Waals surface area contributed by atoms with Gasteiger partial charge in [0, 0.05) is 4.75 Å². The molecule has 2 heterocycles. The summed E-state index contributed by atoms with van der Waals surface area (Å²) in [6.07, 6.45) is -0.765. The molecule has 1 unspecified atom stereocenters. The van der Waals surface area contributed by atoms with Crippen LogP contribution in [0.2, 0.25) is 0 Å². The van der Waals surface area contributed by atoms with Gasteiger partial charge in [0.05, 0.1) is 0 Å². The fourth-order valence-corrected chi connectivity index (χ4v) is 4.80. The Kier molecular flexibility index (Phi) is 6.84. The molecule has 0 spiro atoms. The molecule has 9 heteroatoms. The Morgan fingerprint density at radius 1 is 1.31 bits per heavy atom. The Hall–Kier alpha value is -0.584. The maximum atomic E-state index is 12.4. The molecule has 1 aromatic carbocycles. The second-order valence-corrected chi connectivity index (χ2v) is 8.43. The number of carboxylic acid groups (broad SMARTS) is 1. The van der Waals surface area contributed by atoms with E-state index in [0.717, 1.165) is 0 Å². The number of hydrogen-bond acceptors (Lipinski definition) is 5. The summed E-state index contributed by atoms with van der Waals surface area (Å²) in [4.78, 5) is 37.5. The van der Waals surface area contributed by atoms with Crippen molar-refractivity contribution in [1.29, 1.82) is 0 Å². The van der Waals surface area contributed by atoms with Crippen LogP contribution in [0.25, 0.3) is 0 Å². The van der Waals surface area contributed by atoms with Crippen LogP contribution in [0.4, 0.5) is 0 Å². The average Bonchev–Trinajstić information content (AvgIpc) is 2.81. The van der Waals surface area contributed by atoms with Gasteiger partial charge in [-0.25, -0.2) is 4.79 Å². The van der Waals surface area contributed by atoms with Gasteiger partial charge in [-0.15, -0.1) is 11.8 Å². The second kappa shape index (κ2) is 8.20. The Morgan fingerprint density at radius 3 is 2.50 bits per heavy atom. The number of hydrogen-bond donors (Lipinski definition) is 2. The van der Waals surface area contributed by atoms with E-state index >= 15 is 0 Å². The van der Waals surface area contributed by atoms with E-state index in [-0.39, 0.29) is 62.7 Å². The Labute approximate surface area is 198 Å². The molecule has 2 aliphatic heterocycles. The summed E-state index contributed by atoms with van der Waals surface area (Å²) < 4.78 is 4.94. The number of β-lactam (4-membered cyclic amide) rings is 1. The number of fused-ring (bicyclic) bond motifs is 1. The third-order valence-electron chi connectivity index (χ3n) is 4.40. The standard InChI is InChI=1S/C17H20N2O5S.K.H/c1-9(24-10-7-5-4-6-8-10)13(20)18-11-14(21)19-12(16(22)23)17(2,3)25-15(11)19;;/h4-9,11-12,15H,1-3H3,(H,18,20)(H,22,23);;/t9?,11-,12+,15-;;/m1../s1. The molecule has 0 bridgehead atoms. The van der Waals surface area contributed by atoms with Gasteiger partial charge in [-0.05, 0) is 32.9 Å². The van der Waals surface area contributed by atoms with E-state index in [1.807, 2.05) is 6.07 Å². The van der Waals surface area contributed by atoms with Gasteiger partial charge in [0.1, 0.15) is 23.2 Å². The summed E-state index contributed by atoms with van der Waals surface area (Å²) in [7, 11) is 0. The molecule has 0 aliphatic carbocycles. The number of amides is 2. The Bertz CT molecular complexity index is 714. The van der Waals surface area contributed by atoms with Gasteiger partial charge in [0.25, 0.3) is 5.91 Å². The third-order valence-corrected chi connectivity index (χ3v) is 5.97. The summed E-state index contributed by atoms with van der Waals surface area (Å²) in [5.41, 5.74) is 0. The molecule has 7 nitrogen and oxygen atoms in total. The summed E-state index contributed by atoms with van der Waals surface area (Å²) in [6.45, 7) is 5.19. The number of thioether (sulfide) groups is 1. The van der Waals surface area contributed by atoms with Gasteiger partial charge in [0.2, 0.25) is 5.91 Å². The van der Waals surface area contributed by atoms with Gasteiger partial charge in [0.15, 0.2) is 6.10 Å². The van der Waals surface area contributed by atoms with Gasteiger partial charge in [-0.1, -0.05) is 18.2 Å². The van der Waals surface area contributed by atoms with E-state index in [1.54, 1.807) is 45.0 Å². The van der Waals surface area contributed by atoms with Crippen LogP contribution in [0.5, 0.6) is 5.75 Å². The van der Waals surface area contributed by atoms with Gasteiger partial charge < -0.3 is 20.1 Å². The van der Waals surface area contributed by atoms with Crippen LogP contribution >= 0.6 is 11.8 Å². The van der Waals surface area contributed by atoms with Crippen LogP contribution in [0.1, 0.15) is 20.8 Å². The van der Waals surface area contributed by atoms with Gasteiger partial charge in [-0.2, -0.15) is 0 Å². The number of carboxylic acids is 1. The van der Waals surface area contributed by atoms with Crippen molar-refractivity contribution in [3.63, 3.8) is 0 Å². The number of nitrogens with zero attached hydrogens (tertiary/aromatic N) is 1. The van der Waals surface area contributed by atoms with Crippen molar-refractivity contribution in [2.45, 2.75) is 49.1 Å². The minimum atomic E-state index is -1.03. The molecule has 4 atom stereocenters. The topological polar surface area (TPSA) is 95.9 Å². The van der Waals surface area contributed by atoms with E-state index in [4.69, 9.17) is 4.74 Å². The van der Waals surface area contributed by atoms with Crippen LogP contribution in [0.15, 0.2) is 30.3 Å². The SMILES string of the molecule is CC(Oc1ccccc1)C(=O)N[C@@H]1C(=O)N2[C@@H]1SC(C)(C)[C@@H]2C(=O)O.[KH]. The molecule has 26 heavy (non-hydrogen) atoms. The van der Waals surface area contributed by atoms with Crippen molar-refractivity contribution < 1.29 is 24.2 Å². The van der Waals surface area contributed by atoms with Gasteiger partial charge >= 0.3 is 57.4 Å². The van der Waals surface area contributed by atoms with Crippen molar-refractivity contribution in [2.24, 2.45) is 0 Å². The van der Waals surface area contributed by atoms with E-state index in [0.29, 0.717) is 5.75 Å². The molecule has 136 valence electrons. The van der Waals surface area contributed by atoms with Crippen molar-refractivity contribution in [3.05, 3.63) is 30.3 Å². The molecule has 2 amide bonds. The number of carbonyl (C=O) groups is 3. The fraction of sp³-hybridized carbons (Fsp3) is 0.471. The van der Waals surface area contributed by atoms with Crippen LogP contribution < -0.4 is 10.1 Å². The number of carbonyl (C=O) groups excluding carboxylic acids is 2. The molecule has 0 radical (unpaired) electrons. The number of rotatable bonds is 5. The summed E-state index contributed by atoms with van der Waals surface area (Å²) in [5, 5.41) is 11.7. The van der Waals surface area contributed by atoms with Crippen molar-refractivity contribution in [2.75, 3.05) is 0 Å². The first-order valence-corrected chi connectivity index (χ1v) is 8.85. The first kappa shape index (κ1) is 21.7. The fourth-order valence-electron chi connectivity index (χ4n) is 3.17. The number of ether oxygens (including phenoxy) is 1. The van der Waals surface area contributed by atoms with Crippen LogP contribution in [-0.4, -0.2) is 107 Å². The predicted octanol–water partition coefficient (Wildman–Crippen LogP) is 0.437. The molecule has 2 saturated heterocycles. The zero-order valence-corrected chi connectivity index (χ0v) is 14.9. The number of aliphatic carboxylic acids is 1. The summed E-state index contributed by atoms with van der Waals surface area (Å²) in [5.74, 6) is -1.23. The number of para-hydroxylation sites is 1. The van der Waals surface area contributed by atoms with E-state index < -0.39 is 34.8 Å². The molecule has 0 aromatic heterocycles. The van der Waals surface area contributed by atoms with Crippen molar-refractivity contribution in [1.82, 2.24) is 10.2 Å². The molecule has 0 saturated carbocycles. The maximum absolute atomic E-state index is 12.4. The summed E-state index contributed by atoms with van der Waals surface area (Å²) >= 11 is 1.39. The Morgan fingerprint density at radius 2 is 1.92 bits per heavy atom. The van der Waals surface area contributed by atoms with E-state index in [1.165, 1.54) is 16.7 Å². The monoisotopic (exact) mass is 404 g/mol. The predicted molar refractivity (Wildman–Crippen MR) is 99.3 cm³/mol. The molecule has 2 N–H and O–H groups in total.